The maximum absolute atomic E-state index is 11.9. The van der Waals surface area contributed by atoms with E-state index in [1.165, 1.54) is 0 Å². The minimum atomic E-state index is -0.804. The summed E-state index contributed by atoms with van der Waals surface area (Å²) in [4.78, 5) is 16.3. The summed E-state index contributed by atoms with van der Waals surface area (Å²) in [7, 11) is 0. The first kappa shape index (κ1) is 14.2. The van der Waals surface area contributed by atoms with Crippen molar-refractivity contribution in [2.24, 2.45) is 0 Å². The fourth-order valence-corrected chi connectivity index (χ4v) is 1.72. The fourth-order valence-electron chi connectivity index (χ4n) is 1.72. The molecule has 0 saturated heterocycles. The van der Waals surface area contributed by atoms with Crippen LogP contribution in [0.25, 0.3) is 0 Å². The molecule has 0 aliphatic heterocycles. The van der Waals surface area contributed by atoms with Gasteiger partial charge in [0.15, 0.2) is 0 Å². The van der Waals surface area contributed by atoms with E-state index in [0.29, 0.717) is 11.3 Å². The second-order valence-electron chi connectivity index (χ2n) is 4.88. The molecule has 0 heterocycles. The van der Waals surface area contributed by atoms with Gasteiger partial charge in [0.1, 0.15) is 11.4 Å². The van der Waals surface area contributed by atoms with Gasteiger partial charge in [0.2, 0.25) is 0 Å². The first-order chi connectivity index (χ1) is 9.53. The molecule has 0 spiro atoms. The van der Waals surface area contributed by atoms with Crippen LogP contribution < -0.4 is 4.74 Å². The summed E-state index contributed by atoms with van der Waals surface area (Å²) >= 11 is 0. The van der Waals surface area contributed by atoms with Crippen LogP contribution in [0.3, 0.4) is 0 Å². The smallest absolute Gasteiger partial charge is 0.343 e. The lowest BCUT2D eigenvalue weighted by Crippen LogP contribution is -2.19. The second kappa shape index (κ2) is 5.86. The van der Waals surface area contributed by atoms with Gasteiger partial charge in [-0.15, -0.1) is 0 Å². The molecule has 20 heavy (non-hydrogen) atoms. The van der Waals surface area contributed by atoms with Gasteiger partial charge in [-0.2, -0.15) is 0 Å². The molecule has 0 saturated carbocycles. The van der Waals surface area contributed by atoms with Crippen molar-refractivity contribution in [1.82, 2.24) is 0 Å². The minimum Gasteiger partial charge on any atom is -0.423 e. The number of carbonyl (C=O) groups is 1. The first-order valence-corrected chi connectivity index (χ1v) is 6.23. The lowest BCUT2D eigenvalue weighted by Gasteiger charge is -2.20. The van der Waals surface area contributed by atoms with Crippen LogP contribution in [0.4, 0.5) is 0 Å². The normalized spacial score (nSPS) is 11.2. The van der Waals surface area contributed by atoms with Crippen molar-refractivity contribution in [3.63, 3.8) is 0 Å². The number of hydrogen-bond acceptors (Lipinski definition) is 4. The Morgan fingerprint density at radius 3 is 2.15 bits per heavy atom. The number of ether oxygens (including phenoxy) is 1. The molecule has 0 amide bonds. The van der Waals surface area contributed by atoms with Crippen LogP contribution in [0, 0.1) is 0 Å². The number of benzene rings is 2. The zero-order valence-corrected chi connectivity index (χ0v) is 11.4. The molecule has 2 aromatic carbocycles. The van der Waals surface area contributed by atoms with Gasteiger partial charge in [0.25, 0.3) is 0 Å². The molecule has 104 valence electrons. The molecule has 0 radical (unpaired) electrons. The van der Waals surface area contributed by atoms with Gasteiger partial charge in [-0.25, -0.2) is 9.68 Å². The van der Waals surface area contributed by atoms with Crippen molar-refractivity contribution in [2.75, 3.05) is 0 Å². The molecule has 0 aromatic heterocycles. The summed E-state index contributed by atoms with van der Waals surface area (Å²) in [6, 6.07) is 15.6. The Hall–Kier alpha value is -2.17. The Kier molecular flexibility index (Phi) is 4.17. The Balaban J connectivity index is 2.10. The summed E-state index contributed by atoms with van der Waals surface area (Å²) in [5.74, 6) is 0.0346. The molecule has 1 N–H and O–H groups in total. The predicted octanol–water partition coefficient (Wildman–Crippen LogP) is 3.63. The summed E-state index contributed by atoms with van der Waals surface area (Å²) < 4.78 is 5.26. The quantitative estimate of drug-likeness (QED) is 0.399. The third kappa shape index (κ3) is 3.23. The van der Waals surface area contributed by atoms with Crippen LogP contribution in [0.1, 0.15) is 29.8 Å². The molecule has 0 unspecified atom stereocenters. The van der Waals surface area contributed by atoms with Crippen LogP contribution in [0.15, 0.2) is 54.6 Å². The van der Waals surface area contributed by atoms with Crippen molar-refractivity contribution in [3.05, 3.63) is 65.7 Å². The van der Waals surface area contributed by atoms with Crippen molar-refractivity contribution >= 4 is 5.97 Å². The molecule has 0 aliphatic rings. The van der Waals surface area contributed by atoms with Crippen molar-refractivity contribution in [2.45, 2.75) is 19.4 Å². The number of hydrogen-bond donors (Lipinski definition) is 1. The maximum Gasteiger partial charge on any atom is 0.343 e. The summed E-state index contributed by atoms with van der Waals surface area (Å²) in [5, 5.41) is 8.83. The molecular weight excluding hydrogens is 256 g/mol. The molecule has 2 rings (SSSR count). The zero-order valence-electron chi connectivity index (χ0n) is 11.4. The third-order valence-electron chi connectivity index (χ3n) is 3.00. The van der Waals surface area contributed by atoms with Gasteiger partial charge in [-0.1, -0.05) is 30.3 Å². The van der Waals surface area contributed by atoms with E-state index in [2.05, 4.69) is 4.89 Å². The monoisotopic (exact) mass is 272 g/mol. The Labute approximate surface area is 117 Å². The molecule has 0 aliphatic carbocycles. The molecule has 0 atom stereocenters. The van der Waals surface area contributed by atoms with Crippen LogP contribution in [0.2, 0.25) is 0 Å². The Morgan fingerprint density at radius 1 is 1.00 bits per heavy atom. The summed E-state index contributed by atoms with van der Waals surface area (Å²) in [5.41, 5.74) is 0.470. The van der Waals surface area contributed by atoms with Crippen molar-refractivity contribution in [1.29, 1.82) is 0 Å². The van der Waals surface area contributed by atoms with Gasteiger partial charge in [-0.05, 0) is 43.7 Å². The molecular formula is C16H16O4. The van der Waals surface area contributed by atoms with E-state index in [-0.39, 0.29) is 0 Å². The van der Waals surface area contributed by atoms with E-state index in [1.54, 1.807) is 62.4 Å². The van der Waals surface area contributed by atoms with Crippen LogP contribution in [0.5, 0.6) is 5.75 Å². The zero-order chi connectivity index (χ0) is 14.6. The maximum atomic E-state index is 11.9. The number of rotatable bonds is 4. The Bertz CT molecular complexity index is 573. The summed E-state index contributed by atoms with van der Waals surface area (Å²) in [6.45, 7) is 3.47. The SMILES string of the molecule is CC(C)(OO)c1ccc(OC(=O)c2ccccc2)cc1. The van der Waals surface area contributed by atoms with Gasteiger partial charge in [-0.3, -0.25) is 5.26 Å². The van der Waals surface area contributed by atoms with E-state index in [1.807, 2.05) is 6.07 Å². The lowest BCUT2D eigenvalue weighted by molar-refractivity contribution is -0.318. The highest BCUT2D eigenvalue weighted by Crippen LogP contribution is 2.25. The van der Waals surface area contributed by atoms with Crippen molar-refractivity contribution < 1.29 is 19.7 Å². The second-order valence-corrected chi connectivity index (χ2v) is 4.88. The van der Waals surface area contributed by atoms with Crippen LogP contribution in [-0.4, -0.2) is 11.2 Å². The fraction of sp³-hybridized carbons (Fsp3) is 0.188. The van der Waals surface area contributed by atoms with E-state index >= 15 is 0 Å². The molecule has 4 heteroatoms. The van der Waals surface area contributed by atoms with Gasteiger partial charge in [0.05, 0.1) is 5.56 Å². The van der Waals surface area contributed by atoms with Crippen molar-refractivity contribution in [3.8, 4) is 5.75 Å². The van der Waals surface area contributed by atoms with Gasteiger partial charge in [0, 0.05) is 0 Å². The van der Waals surface area contributed by atoms with Gasteiger partial charge >= 0.3 is 5.97 Å². The number of carbonyl (C=O) groups excluding carboxylic acids is 1. The van der Waals surface area contributed by atoms with E-state index < -0.39 is 11.6 Å². The van der Waals surface area contributed by atoms with Crippen LogP contribution >= 0.6 is 0 Å². The average molecular weight is 272 g/mol. The predicted molar refractivity (Wildman–Crippen MR) is 74.6 cm³/mol. The number of esters is 1. The highest BCUT2D eigenvalue weighted by atomic mass is 17.1. The molecule has 0 fully saturated rings. The minimum absolute atomic E-state index is 0.406. The summed E-state index contributed by atoms with van der Waals surface area (Å²) in [6.07, 6.45) is 0. The Morgan fingerprint density at radius 2 is 1.60 bits per heavy atom. The lowest BCUT2D eigenvalue weighted by atomic mass is 9.98. The standard InChI is InChI=1S/C16H16O4/c1-16(2,20-18)13-8-10-14(11-9-13)19-15(17)12-6-4-3-5-7-12/h3-11,18H,1-2H3. The van der Waals surface area contributed by atoms with Gasteiger partial charge < -0.3 is 4.74 Å². The highest BCUT2D eigenvalue weighted by Gasteiger charge is 2.21. The molecule has 2 aromatic rings. The van der Waals surface area contributed by atoms with Crippen LogP contribution in [-0.2, 0) is 10.5 Å². The van der Waals surface area contributed by atoms with E-state index in [9.17, 15) is 4.79 Å². The molecule has 4 nitrogen and oxygen atoms in total. The molecule has 0 bridgehead atoms. The third-order valence-corrected chi connectivity index (χ3v) is 3.00. The average Bonchev–Trinajstić information content (AvgIpc) is 2.48. The first-order valence-electron chi connectivity index (χ1n) is 6.23. The largest absolute Gasteiger partial charge is 0.423 e. The topological polar surface area (TPSA) is 55.8 Å². The highest BCUT2D eigenvalue weighted by molar-refractivity contribution is 5.90. The van der Waals surface area contributed by atoms with E-state index in [4.69, 9.17) is 9.99 Å². The van der Waals surface area contributed by atoms with E-state index in [0.717, 1.165) is 5.56 Å².